The largest absolute Gasteiger partial charge is 0.350 e. The van der Waals surface area contributed by atoms with Crippen molar-refractivity contribution in [1.29, 1.82) is 0 Å². The van der Waals surface area contributed by atoms with Crippen LogP contribution < -0.4 is 5.32 Å². The highest BCUT2D eigenvalue weighted by atomic mass is 35.5. The van der Waals surface area contributed by atoms with Crippen LogP contribution in [0.1, 0.15) is 20.5 Å². The zero-order chi connectivity index (χ0) is 19.4. The Bertz CT molecular complexity index is 1040. The predicted octanol–water partition coefficient (Wildman–Crippen LogP) is 4.49. The monoisotopic (exact) mass is 423 g/mol. The van der Waals surface area contributed by atoms with Gasteiger partial charge < -0.3 is 5.32 Å². The number of sulfone groups is 1. The highest BCUT2D eigenvalue weighted by Crippen LogP contribution is 2.31. The number of carbonyl (C=O) groups is 1. The zero-order valence-electron chi connectivity index (χ0n) is 13.9. The lowest BCUT2D eigenvalue weighted by Crippen LogP contribution is -2.31. The fraction of sp³-hybridized carbons (Fsp3) is 0.105. The SMILES string of the molecule is O=C(NC[C@@H](c1cccs1)S(=O)(=O)c1ccc(F)cc1)c1cccc(Cl)c1. The third-order valence-electron chi connectivity index (χ3n) is 3.91. The molecule has 0 fully saturated rings. The first-order valence-electron chi connectivity index (χ1n) is 7.94. The third-order valence-corrected chi connectivity index (χ3v) is 7.38. The molecule has 1 N–H and O–H groups in total. The van der Waals surface area contributed by atoms with Gasteiger partial charge in [-0.25, -0.2) is 12.8 Å². The van der Waals surface area contributed by atoms with E-state index in [2.05, 4.69) is 5.32 Å². The molecule has 4 nitrogen and oxygen atoms in total. The molecular formula is C19H15ClFNO3S2. The van der Waals surface area contributed by atoms with Gasteiger partial charge in [-0.3, -0.25) is 4.79 Å². The molecule has 0 aliphatic heterocycles. The number of hydrogen-bond acceptors (Lipinski definition) is 4. The average Bonchev–Trinajstić information content (AvgIpc) is 3.16. The van der Waals surface area contributed by atoms with Crippen molar-refractivity contribution in [3.8, 4) is 0 Å². The van der Waals surface area contributed by atoms with Gasteiger partial charge in [0.15, 0.2) is 9.84 Å². The molecule has 0 radical (unpaired) electrons. The molecule has 1 aromatic heterocycles. The molecule has 3 aromatic rings. The van der Waals surface area contributed by atoms with Crippen LogP contribution in [-0.4, -0.2) is 20.9 Å². The molecular weight excluding hydrogens is 409 g/mol. The van der Waals surface area contributed by atoms with Gasteiger partial charge in [0.05, 0.1) is 4.90 Å². The second-order valence-electron chi connectivity index (χ2n) is 5.72. The highest BCUT2D eigenvalue weighted by molar-refractivity contribution is 7.91. The lowest BCUT2D eigenvalue weighted by atomic mass is 10.2. The molecule has 1 amide bonds. The summed E-state index contributed by atoms with van der Waals surface area (Å²) in [5.41, 5.74) is 0.339. The number of carbonyl (C=O) groups excluding carboxylic acids is 1. The summed E-state index contributed by atoms with van der Waals surface area (Å²) in [5.74, 6) is -0.941. The number of halogens is 2. The molecule has 3 rings (SSSR count). The lowest BCUT2D eigenvalue weighted by molar-refractivity contribution is 0.0953. The zero-order valence-corrected chi connectivity index (χ0v) is 16.3. The van der Waals surface area contributed by atoms with E-state index >= 15 is 0 Å². The van der Waals surface area contributed by atoms with Gasteiger partial charge in [-0.1, -0.05) is 23.7 Å². The Balaban J connectivity index is 1.86. The van der Waals surface area contributed by atoms with Gasteiger partial charge in [-0.05, 0) is 53.9 Å². The van der Waals surface area contributed by atoms with Crippen LogP contribution >= 0.6 is 22.9 Å². The normalized spacial score (nSPS) is 12.5. The minimum atomic E-state index is -3.82. The molecule has 140 valence electrons. The van der Waals surface area contributed by atoms with Crippen molar-refractivity contribution >= 4 is 38.7 Å². The first kappa shape index (κ1) is 19.5. The van der Waals surface area contributed by atoms with E-state index in [1.165, 1.54) is 29.5 Å². The summed E-state index contributed by atoms with van der Waals surface area (Å²) in [7, 11) is -3.82. The first-order chi connectivity index (χ1) is 12.9. The molecule has 1 atom stereocenters. The quantitative estimate of drug-likeness (QED) is 0.594. The fourth-order valence-corrected chi connectivity index (χ4v) is 5.52. The van der Waals surface area contributed by atoms with E-state index in [-0.39, 0.29) is 11.4 Å². The van der Waals surface area contributed by atoms with Gasteiger partial charge in [0.25, 0.3) is 5.91 Å². The van der Waals surface area contributed by atoms with Crippen LogP contribution in [0.25, 0.3) is 0 Å². The maximum atomic E-state index is 13.2. The summed E-state index contributed by atoms with van der Waals surface area (Å²) in [6.45, 7) is -0.119. The second kappa shape index (κ2) is 8.21. The maximum absolute atomic E-state index is 13.2. The van der Waals surface area contributed by atoms with Gasteiger partial charge in [-0.2, -0.15) is 0 Å². The molecule has 0 saturated heterocycles. The van der Waals surface area contributed by atoms with Crippen LogP contribution in [0.15, 0.2) is 70.9 Å². The third kappa shape index (κ3) is 4.55. The Hall–Kier alpha value is -2.22. The minimum Gasteiger partial charge on any atom is -0.350 e. The minimum absolute atomic E-state index is 0.000644. The van der Waals surface area contributed by atoms with Crippen molar-refractivity contribution in [1.82, 2.24) is 5.32 Å². The average molecular weight is 424 g/mol. The summed E-state index contributed by atoms with van der Waals surface area (Å²) >= 11 is 7.17. The summed E-state index contributed by atoms with van der Waals surface area (Å²) in [6.07, 6.45) is 0. The molecule has 0 saturated carbocycles. The number of thiophene rings is 1. The van der Waals surface area contributed by atoms with Crippen molar-refractivity contribution < 1.29 is 17.6 Å². The van der Waals surface area contributed by atoms with Crippen LogP contribution in [0.4, 0.5) is 4.39 Å². The summed E-state index contributed by atoms with van der Waals surface area (Å²) in [5, 5.41) is 3.86. The van der Waals surface area contributed by atoms with Crippen LogP contribution in [0, 0.1) is 5.82 Å². The molecule has 0 spiro atoms. The van der Waals surface area contributed by atoms with Crippen LogP contribution in [0.2, 0.25) is 5.02 Å². The molecule has 0 aliphatic rings. The Kier molecular flexibility index (Phi) is 5.94. The number of amides is 1. The maximum Gasteiger partial charge on any atom is 0.251 e. The van der Waals surface area contributed by atoms with E-state index in [9.17, 15) is 17.6 Å². The second-order valence-corrected chi connectivity index (χ2v) is 9.27. The number of rotatable bonds is 6. The molecule has 0 unspecified atom stereocenters. The van der Waals surface area contributed by atoms with Crippen LogP contribution in [-0.2, 0) is 9.84 Å². The first-order valence-corrected chi connectivity index (χ1v) is 10.7. The van der Waals surface area contributed by atoms with Crippen LogP contribution in [0.5, 0.6) is 0 Å². The molecule has 0 bridgehead atoms. The van der Waals surface area contributed by atoms with E-state index in [4.69, 9.17) is 11.6 Å². The van der Waals surface area contributed by atoms with E-state index in [0.29, 0.717) is 15.5 Å². The Morgan fingerprint density at radius 2 is 1.85 bits per heavy atom. The van der Waals surface area contributed by atoms with Gasteiger partial charge in [-0.15, -0.1) is 11.3 Å². The van der Waals surface area contributed by atoms with E-state index in [0.717, 1.165) is 12.1 Å². The van der Waals surface area contributed by atoms with Crippen molar-refractivity contribution in [2.45, 2.75) is 10.1 Å². The summed E-state index contributed by atoms with van der Waals surface area (Å²) in [6, 6.07) is 14.5. The summed E-state index contributed by atoms with van der Waals surface area (Å²) in [4.78, 5) is 13.0. The Morgan fingerprint density at radius 1 is 1.11 bits per heavy atom. The van der Waals surface area contributed by atoms with Gasteiger partial charge in [0, 0.05) is 22.0 Å². The standard InChI is InChI=1S/C19H15ClFNO3S2/c20-14-4-1-3-13(11-14)19(23)22-12-18(17-5-2-10-26-17)27(24,25)16-8-6-15(21)7-9-16/h1-11,18H,12H2,(H,22,23)/t18-/m0/s1. The molecule has 0 aliphatic carbocycles. The van der Waals surface area contributed by atoms with Gasteiger partial charge in [0.1, 0.15) is 11.1 Å². The van der Waals surface area contributed by atoms with Crippen molar-refractivity contribution in [3.05, 3.63) is 87.3 Å². The number of hydrogen-bond donors (Lipinski definition) is 1. The van der Waals surface area contributed by atoms with Gasteiger partial charge >= 0.3 is 0 Å². The predicted molar refractivity (Wildman–Crippen MR) is 104 cm³/mol. The smallest absolute Gasteiger partial charge is 0.251 e. The highest BCUT2D eigenvalue weighted by Gasteiger charge is 2.30. The van der Waals surface area contributed by atoms with E-state index in [1.807, 2.05) is 0 Å². The molecule has 1 heterocycles. The fourth-order valence-electron chi connectivity index (χ4n) is 2.54. The number of nitrogens with one attached hydrogen (secondary N) is 1. The molecule has 8 heteroatoms. The van der Waals surface area contributed by atoms with Gasteiger partial charge in [0.2, 0.25) is 0 Å². The summed E-state index contributed by atoms with van der Waals surface area (Å²) < 4.78 is 39.3. The topological polar surface area (TPSA) is 63.2 Å². The Morgan fingerprint density at radius 3 is 2.48 bits per heavy atom. The van der Waals surface area contributed by atoms with E-state index < -0.39 is 26.8 Å². The molecule has 27 heavy (non-hydrogen) atoms. The van der Waals surface area contributed by atoms with Crippen LogP contribution in [0.3, 0.4) is 0 Å². The van der Waals surface area contributed by atoms with Crippen molar-refractivity contribution in [2.75, 3.05) is 6.54 Å². The van der Waals surface area contributed by atoms with E-state index in [1.54, 1.807) is 35.7 Å². The van der Waals surface area contributed by atoms with Crippen molar-refractivity contribution in [2.24, 2.45) is 0 Å². The lowest BCUT2D eigenvalue weighted by Gasteiger charge is -2.17. The van der Waals surface area contributed by atoms with Crippen molar-refractivity contribution in [3.63, 3.8) is 0 Å². The Labute approximate surface area is 165 Å². The molecule has 2 aromatic carbocycles. The number of benzene rings is 2.